The number of aromatic nitrogens is 4. The summed E-state index contributed by atoms with van der Waals surface area (Å²) in [5.74, 6) is -0.233. The topological polar surface area (TPSA) is 35.6 Å². The molecule has 1 aromatic carbocycles. The van der Waals surface area contributed by atoms with E-state index in [0.29, 0.717) is 6.54 Å². The molecule has 126 valence electrons. The van der Waals surface area contributed by atoms with Crippen LogP contribution in [0.2, 0.25) is 0 Å². The highest BCUT2D eigenvalue weighted by atomic mass is 127. The molecule has 25 heavy (non-hydrogen) atoms. The van der Waals surface area contributed by atoms with Crippen LogP contribution in [0.25, 0.3) is 22.2 Å². The van der Waals surface area contributed by atoms with Crippen LogP contribution >= 0.6 is 46.3 Å². The van der Waals surface area contributed by atoms with Crippen molar-refractivity contribution in [3.05, 3.63) is 71.0 Å². The molecule has 8 heteroatoms. The van der Waals surface area contributed by atoms with Crippen LogP contribution in [0.15, 0.2) is 59.6 Å². The first-order chi connectivity index (χ1) is 12.1. The van der Waals surface area contributed by atoms with Crippen LogP contribution in [-0.2, 0) is 6.54 Å². The maximum absolute atomic E-state index is 13.3. The monoisotopic (exact) mass is 528 g/mol. The normalized spacial score (nSPS) is 11.3. The van der Waals surface area contributed by atoms with E-state index in [0.717, 1.165) is 32.2 Å². The van der Waals surface area contributed by atoms with Crippen molar-refractivity contribution in [1.29, 1.82) is 0 Å². The molecule has 0 amide bonds. The molecule has 3 aromatic heterocycles. The molecular formula is C17H11BrFIN4S. The average Bonchev–Trinajstić information content (AvgIpc) is 3.18. The summed E-state index contributed by atoms with van der Waals surface area (Å²) < 4.78 is 18.1. The minimum atomic E-state index is -0.233. The standard InChI is InChI=1S/C17H11BrFIN4S/c18-13-5-15-16(10-24(25-20)17(15)21-7-13)12-6-22-23(9-12)8-11-2-1-3-14(19)4-11/h1-7,9-10H,8H2. The Balaban J connectivity index is 1.72. The Kier molecular flexibility index (Phi) is 4.83. The second kappa shape index (κ2) is 7.08. The molecule has 0 saturated carbocycles. The second-order valence-corrected chi connectivity index (χ2v) is 8.15. The van der Waals surface area contributed by atoms with Crippen LogP contribution in [0, 0.1) is 5.82 Å². The number of benzene rings is 1. The van der Waals surface area contributed by atoms with Gasteiger partial charge in [-0.1, -0.05) is 12.1 Å². The van der Waals surface area contributed by atoms with E-state index in [9.17, 15) is 4.39 Å². The maximum atomic E-state index is 13.3. The van der Waals surface area contributed by atoms with Crippen molar-refractivity contribution < 1.29 is 4.39 Å². The maximum Gasteiger partial charge on any atom is 0.151 e. The fraction of sp³-hybridized carbons (Fsp3) is 0.0588. The quantitative estimate of drug-likeness (QED) is 0.319. The van der Waals surface area contributed by atoms with Gasteiger partial charge in [0.15, 0.2) is 5.65 Å². The number of fused-ring (bicyclic) bond motifs is 1. The van der Waals surface area contributed by atoms with Crippen molar-refractivity contribution in [3.63, 3.8) is 0 Å². The van der Waals surface area contributed by atoms with Gasteiger partial charge in [-0.25, -0.2) is 9.37 Å². The van der Waals surface area contributed by atoms with Gasteiger partial charge in [-0.05, 0) is 39.7 Å². The van der Waals surface area contributed by atoms with E-state index < -0.39 is 0 Å². The second-order valence-electron chi connectivity index (χ2n) is 5.52. The summed E-state index contributed by atoms with van der Waals surface area (Å²) in [4.78, 5) is 4.50. The van der Waals surface area contributed by atoms with Gasteiger partial charge in [0.2, 0.25) is 0 Å². The van der Waals surface area contributed by atoms with E-state index in [1.807, 2.05) is 27.1 Å². The minimum absolute atomic E-state index is 0.233. The van der Waals surface area contributed by atoms with Gasteiger partial charge in [-0.15, -0.1) is 0 Å². The van der Waals surface area contributed by atoms with Crippen molar-refractivity contribution >= 4 is 57.3 Å². The first kappa shape index (κ1) is 17.0. The van der Waals surface area contributed by atoms with Crippen LogP contribution in [0.4, 0.5) is 4.39 Å². The molecular weight excluding hydrogens is 518 g/mol. The highest BCUT2D eigenvalue weighted by molar-refractivity contribution is 14.2. The SMILES string of the molecule is Fc1cccc(Cn2cc(-c3cn(SI)c4ncc(Br)cc34)cn2)c1. The lowest BCUT2D eigenvalue weighted by atomic mass is 10.1. The van der Waals surface area contributed by atoms with E-state index in [1.165, 1.54) is 12.1 Å². The fourth-order valence-electron chi connectivity index (χ4n) is 2.75. The van der Waals surface area contributed by atoms with E-state index in [1.54, 1.807) is 21.4 Å². The van der Waals surface area contributed by atoms with Gasteiger partial charge >= 0.3 is 0 Å². The molecule has 0 atom stereocenters. The van der Waals surface area contributed by atoms with E-state index in [2.05, 4.69) is 59.5 Å². The molecule has 0 aliphatic rings. The number of hydrogen-bond acceptors (Lipinski definition) is 3. The first-order valence-electron chi connectivity index (χ1n) is 7.37. The van der Waals surface area contributed by atoms with E-state index in [-0.39, 0.29) is 5.82 Å². The molecule has 4 aromatic rings. The Morgan fingerprint density at radius 2 is 2.08 bits per heavy atom. The summed E-state index contributed by atoms with van der Waals surface area (Å²) in [6.45, 7) is 0.527. The Labute approximate surface area is 168 Å². The predicted octanol–water partition coefficient (Wildman–Crippen LogP) is 5.70. The molecule has 0 radical (unpaired) electrons. The third-order valence-corrected chi connectivity index (χ3v) is 5.96. The Morgan fingerprint density at radius 1 is 1.20 bits per heavy atom. The summed E-state index contributed by atoms with van der Waals surface area (Å²) in [6, 6.07) is 8.64. The molecule has 0 bridgehead atoms. The van der Waals surface area contributed by atoms with Gasteiger partial charge < -0.3 is 0 Å². The number of rotatable bonds is 4. The predicted molar refractivity (Wildman–Crippen MR) is 111 cm³/mol. The fourth-order valence-corrected chi connectivity index (χ4v) is 4.34. The first-order valence-corrected chi connectivity index (χ1v) is 11.5. The average molecular weight is 529 g/mol. The highest BCUT2D eigenvalue weighted by Crippen LogP contribution is 2.34. The van der Waals surface area contributed by atoms with E-state index in [4.69, 9.17) is 0 Å². The third kappa shape index (κ3) is 3.47. The molecule has 0 N–H and O–H groups in total. The summed E-state index contributed by atoms with van der Waals surface area (Å²) in [5, 5.41) is 5.49. The smallest absolute Gasteiger partial charge is 0.151 e. The lowest BCUT2D eigenvalue weighted by Crippen LogP contribution is -1.99. The minimum Gasteiger partial charge on any atom is -0.268 e. The molecule has 0 aliphatic carbocycles. The van der Waals surface area contributed by atoms with Crippen molar-refractivity contribution in [2.24, 2.45) is 0 Å². The molecule has 0 spiro atoms. The number of hydrogen-bond donors (Lipinski definition) is 0. The third-order valence-electron chi connectivity index (χ3n) is 3.83. The van der Waals surface area contributed by atoms with Crippen molar-refractivity contribution in [3.8, 4) is 11.1 Å². The zero-order valence-corrected chi connectivity index (χ0v) is 17.3. The van der Waals surface area contributed by atoms with Gasteiger partial charge in [-0.2, -0.15) is 5.10 Å². The lowest BCUT2D eigenvalue weighted by molar-refractivity contribution is 0.619. The zero-order chi connectivity index (χ0) is 17.4. The van der Waals surface area contributed by atoms with Gasteiger partial charge in [0.25, 0.3) is 0 Å². The number of pyridine rings is 1. The van der Waals surface area contributed by atoms with Crippen LogP contribution in [0.1, 0.15) is 5.56 Å². The summed E-state index contributed by atoms with van der Waals surface area (Å²) in [7, 11) is 1.57. The van der Waals surface area contributed by atoms with Crippen molar-refractivity contribution in [2.45, 2.75) is 6.54 Å². The van der Waals surface area contributed by atoms with Gasteiger partial charge in [0, 0.05) is 69.9 Å². The Morgan fingerprint density at radius 3 is 2.88 bits per heavy atom. The van der Waals surface area contributed by atoms with Gasteiger partial charge in [0.05, 0.1) is 12.7 Å². The molecule has 0 aliphatic heterocycles. The van der Waals surface area contributed by atoms with Crippen LogP contribution in [0.5, 0.6) is 0 Å². The highest BCUT2D eigenvalue weighted by Gasteiger charge is 2.14. The van der Waals surface area contributed by atoms with Gasteiger partial charge in [-0.3, -0.25) is 8.65 Å². The molecule has 0 saturated heterocycles. The van der Waals surface area contributed by atoms with E-state index >= 15 is 0 Å². The summed E-state index contributed by atoms with van der Waals surface area (Å²) in [5.41, 5.74) is 3.86. The van der Waals surface area contributed by atoms with Crippen molar-refractivity contribution in [1.82, 2.24) is 18.7 Å². The van der Waals surface area contributed by atoms with Crippen LogP contribution < -0.4 is 0 Å². The largest absolute Gasteiger partial charge is 0.268 e. The zero-order valence-electron chi connectivity index (χ0n) is 12.7. The van der Waals surface area contributed by atoms with Crippen molar-refractivity contribution in [2.75, 3.05) is 0 Å². The Bertz CT molecular complexity index is 1060. The lowest BCUT2D eigenvalue weighted by Gasteiger charge is -2.01. The molecule has 4 nitrogen and oxygen atoms in total. The molecule has 0 unspecified atom stereocenters. The molecule has 3 heterocycles. The number of halogens is 3. The Hall–Kier alpha value is -1.39. The summed E-state index contributed by atoms with van der Waals surface area (Å²) in [6.07, 6.45) is 7.66. The van der Waals surface area contributed by atoms with Gasteiger partial charge in [0.1, 0.15) is 5.82 Å². The molecule has 0 fully saturated rings. The summed E-state index contributed by atoms with van der Waals surface area (Å²) >= 11 is 5.73. The van der Waals surface area contributed by atoms with Crippen LogP contribution in [0.3, 0.4) is 0 Å². The number of nitrogens with zero attached hydrogens (tertiary/aromatic N) is 4. The van der Waals surface area contributed by atoms with Crippen LogP contribution in [-0.4, -0.2) is 18.7 Å². The molecule has 4 rings (SSSR count).